The van der Waals surface area contributed by atoms with Crippen LogP contribution in [0, 0.1) is 0 Å². The van der Waals surface area contributed by atoms with E-state index < -0.39 is 24.3 Å². The summed E-state index contributed by atoms with van der Waals surface area (Å²) in [5, 5.41) is 2.72. The topological polar surface area (TPSA) is 104 Å². The summed E-state index contributed by atoms with van der Waals surface area (Å²) in [6.45, 7) is 3.00. The number of ether oxygens (including phenoxy) is 4. The van der Waals surface area contributed by atoms with E-state index in [9.17, 15) is 14.4 Å². The first-order valence-corrected chi connectivity index (χ1v) is 16.3. The molecule has 1 aromatic rings. The fourth-order valence-electron chi connectivity index (χ4n) is 4.63. The van der Waals surface area contributed by atoms with Crippen LogP contribution in [0.15, 0.2) is 30.6 Å². The second kappa shape index (κ2) is 27.0. The van der Waals surface area contributed by atoms with Crippen molar-refractivity contribution in [1.82, 2.24) is 5.32 Å². The van der Waals surface area contributed by atoms with Crippen molar-refractivity contribution in [3.05, 3.63) is 30.6 Å². The van der Waals surface area contributed by atoms with Crippen molar-refractivity contribution < 1.29 is 37.9 Å². The lowest BCUT2D eigenvalue weighted by Crippen LogP contribution is -2.34. The van der Waals surface area contributed by atoms with Crippen LogP contribution < -0.4 is 9.88 Å². The van der Waals surface area contributed by atoms with Gasteiger partial charge in [-0.1, -0.05) is 109 Å². The van der Waals surface area contributed by atoms with E-state index in [1.54, 1.807) is 0 Å². The summed E-state index contributed by atoms with van der Waals surface area (Å²) < 4.78 is 22.0. The quantitative estimate of drug-likeness (QED) is 0.0515. The Morgan fingerprint density at radius 1 is 0.690 bits per heavy atom. The zero-order valence-electron chi connectivity index (χ0n) is 26.3. The Morgan fingerprint density at radius 2 is 1.21 bits per heavy atom. The second-order valence-corrected chi connectivity index (χ2v) is 10.9. The number of esters is 1. The number of rotatable bonds is 26. The number of nitrogens with one attached hydrogen (secondary N) is 1. The fourth-order valence-corrected chi connectivity index (χ4v) is 4.63. The van der Waals surface area contributed by atoms with Gasteiger partial charge in [0.15, 0.2) is 18.5 Å². The number of aromatic nitrogens is 1. The molecule has 0 spiro atoms. The highest BCUT2D eigenvalue weighted by Gasteiger charge is 2.20. The highest BCUT2D eigenvalue weighted by molar-refractivity contribution is 5.69. The lowest BCUT2D eigenvalue weighted by Gasteiger charge is -2.17. The monoisotopic (exact) mass is 593 g/mol. The Kier molecular flexibility index (Phi) is 23.9. The van der Waals surface area contributed by atoms with Gasteiger partial charge in [0.1, 0.15) is 19.8 Å². The molecule has 1 heterocycles. The molecule has 9 heteroatoms. The maximum Gasteiger partial charge on any atom is 0.508 e. The van der Waals surface area contributed by atoms with Crippen molar-refractivity contribution in [2.45, 2.75) is 135 Å². The standard InChI is InChI=1S/C33H56N2O7/c1-3-4-5-6-7-8-9-10-11-12-13-14-15-16-17-19-24-34-32(37)41-29-30(42-33(38)39-2)28-40-31(36)23-22-27-35-25-20-18-21-26-35/h18,20-21,25-26,30H,3-17,19,22-24,27-29H2,1-2H3/p+1. The van der Waals surface area contributed by atoms with Crippen LogP contribution in [0.3, 0.4) is 0 Å². The van der Waals surface area contributed by atoms with Gasteiger partial charge in [-0.05, 0) is 6.42 Å². The summed E-state index contributed by atoms with van der Waals surface area (Å²) in [6.07, 6.45) is 22.9. The molecule has 9 nitrogen and oxygen atoms in total. The molecule has 1 amide bonds. The van der Waals surface area contributed by atoms with E-state index in [0.717, 1.165) is 12.8 Å². The number of nitrogens with zero attached hydrogens (tertiary/aromatic N) is 1. The molecule has 0 aliphatic rings. The van der Waals surface area contributed by atoms with Gasteiger partial charge in [-0.25, -0.2) is 14.2 Å². The minimum Gasteiger partial charge on any atom is -0.462 e. The zero-order valence-corrected chi connectivity index (χ0v) is 26.3. The highest BCUT2D eigenvalue weighted by atomic mass is 16.7. The highest BCUT2D eigenvalue weighted by Crippen LogP contribution is 2.13. The predicted molar refractivity (Wildman–Crippen MR) is 163 cm³/mol. The van der Waals surface area contributed by atoms with Crippen LogP contribution in [-0.2, 0) is 30.3 Å². The van der Waals surface area contributed by atoms with Crippen LogP contribution in [0.4, 0.5) is 9.59 Å². The van der Waals surface area contributed by atoms with Gasteiger partial charge < -0.3 is 24.3 Å². The zero-order chi connectivity index (χ0) is 30.5. The molecule has 1 atom stereocenters. The van der Waals surface area contributed by atoms with Crippen LogP contribution in [0.2, 0.25) is 0 Å². The first kappa shape index (κ1) is 37.2. The van der Waals surface area contributed by atoms with Crippen molar-refractivity contribution in [2.75, 3.05) is 26.9 Å². The third-order valence-electron chi connectivity index (χ3n) is 7.13. The van der Waals surface area contributed by atoms with Crippen LogP contribution in [-0.4, -0.2) is 51.2 Å². The van der Waals surface area contributed by atoms with Gasteiger partial charge in [-0.2, -0.15) is 0 Å². The Balaban J connectivity index is 2.03. The SMILES string of the molecule is CCCCCCCCCCCCCCCCCCNC(=O)OCC(COC(=O)CCC[n+]1ccccc1)OC(=O)OC. The Bertz CT molecular complexity index is 807. The van der Waals surface area contributed by atoms with E-state index in [1.807, 2.05) is 35.2 Å². The number of alkyl carbamates (subject to hydrolysis) is 1. The molecule has 0 aliphatic carbocycles. The minimum absolute atomic E-state index is 0.216. The van der Waals surface area contributed by atoms with Crippen LogP contribution in [0.5, 0.6) is 0 Å². The van der Waals surface area contributed by atoms with Crippen molar-refractivity contribution in [2.24, 2.45) is 0 Å². The lowest BCUT2D eigenvalue weighted by atomic mass is 10.0. The molecule has 0 radical (unpaired) electrons. The molecule has 1 unspecified atom stereocenters. The number of carbonyl (C=O) groups is 3. The molecule has 0 saturated carbocycles. The average molecular weight is 594 g/mol. The minimum atomic E-state index is -0.953. The number of aryl methyl sites for hydroxylation is 1. The van der Waals surface area contributed by atoms with Crippen molar-refractivity contribution in [3.8, 4) is 0 Å². The van der Waals surface area contributed by atoms with E-state index in [1.165, 1.54) is 97.0 Å². The van der Waals surface area contributed by atoms with Crippen molar-refractivity contribution in [1.29, 1.82) is 0 Å². The maximum atomic E-state index is 12.1. The summed E-state index contributed by atoms with van der Waals surface area (Å²) in [5.41, 5.74) is 0. The number of amides is 1. The second-order valence-electron chi connectivity index (χ2n) is 10.9. The molecule has 0 saturated heterocycles. The van der Waals surface area contributed by atoms with Gasteiger partial charge in [-0.15, -0.1) is 0 Å². The first-order chi connectivity index (χ1) is 20.5. The third-order valence-corrected chi connectivity index (χ3v) is 7.13. The number of carbonyl (C=O) groups excluding carboxylic acids is 3. The van der Waals surface area contributed by atoms with Gasteiger partial charge in [0, 0.05) is 25.1 Å². The molecule has 0 fully saturated rings. The van der Waals surface area contributed by atoms with Gasteiger partial charge in [0.2, 0.25) is 0 Å². The summed E-state index contributed by atoms with van der Waals surface area (Å²) in [5.74, 6) is -0.419. The van der Waals surface area contributed by atoms with Crippen molar-refractivity contribution in [3.63, 3.8) is 0 Å². The Hall–Kier alpha value is -2.84. The number of methoxy groups -OCH3 is 1. The third kappa shape index (κ3) is 22.8. The number of unbranched alkanes of at least 4 members (excludes halogenated alkanes) is 15. The molecule has 0 aromatic carbocycles. The summed E-state index contributed by atoms with van der Waals surface area (Å²) in [6, 6.07) is 5.77. The van der Waals surface area contributed by atoms with E-state index in [4.69, 9.17) is 14.2 Å². The van der Waals surface area contributed by atoms with E-state index in [-0.39, 0.29) is 19.6 Å². The van der Waals surface area contributed by atoms with Crippen LogP contribution >= 0.6 is 0 Å². The molecule has 1 rings (SSSR count). The number of pyridine rings is 1. The molecular formula is C33H57N2O7+. The van der Waals surface area contributed by atoms with Gasteiger partial charge in [-0.3, -0.25) is 4.79 Å². The Morgan fingerprint density at radius 3 is 1.76 bits per heavy atom. The fraction of sp³-hybridized carbons (Fsp3) is 0.758. The predicted octanol–water partition coefficient (Wildman–Crippen LogP) is 7.44. The van der Waals surface area contributed by atoms with Gasteiger partial charge >= 0.3 is 18.2 Å². The first-order valence-electron chi connectivity index (χ1n) is 16.3. The molecule has 1 aromatic heterocycles. The molecule has 42 heavy (non-hydrogen) atoms. The average Bonchev–Trinajstić information content (AvgIpc) is 3.00. The summed E-state index contributed by atoms with van der Waals surface area (Å²) >= 11 is 0. The molecular weight excluding hydrogens is 536 g/mol. The van der Waals surface area contributed by atoms with Crippen LogP contribution in [0.1, 0.15) is 122 Å². The number of hydrogen-bond donors (Lipinski definition) is 1. The molecule has 240 valence electrons. The normalized spacial score (nSPS) is 11.5. The molecule has 0 bridgehead atoms. The largest absolute Gasteiger partial charge is 0.508 e. The summed E-state index contributed by atoms with van der Waals surface area (Å²) in [7, 11) is 1.18. The lowest BCUT2D eigenvalue weighted by molar-refractivity contribution is -0.697. The Labute approximate surface area is 254 Å². The smallest absolute Gasteiger partial charge is 0.462 e. The van der Waals surface area contributed by atoms with Crippen LogP contribution in [0.25, 0.3) is 0 Å². The molecule has 1 N–H and O–H groups in total. The maximum absolute atomic E-state index is 12.1. The van der Waals surface area contributed by atoms with E-state index in [0.29, 0.717) is 19.5 Å². The number of hydrogen-bond acceptors (Lipinski definition) is 7. The van der Waals surface area contributed by atoms with E-state index in [2.05, 4.69) is 17.0 Å². The van der Waals surface area contributed by atoms with E-state index >= 15 is 0 Å². The summed E-state index contributed by atoms with van der Waals surface area (Å²) in [4.78, 5) is 35.7. The van der Waals surface area contributed by atoms with Gasteiger partial charge in [0.05, 0.1) is 13.5 Å². The van der Waals surface area contributed by atoms with Crippen molar-refractivity contribution >= 4 is 18.2 Å². The van der Waals surface area contributed by atoms with Gasteiger partial charge in [0.25, 0.3) is 0 Å². The molecule has 0 aliphatic heterocycles.